The maximum atomic E-state index is 5.88. The van der Waals surface area contributed by atoms with E-state index in [-0.39, 0.29) is 12.1 Å². The maximum absolute atomic E-state index is 5.88. The largest absolute Gasteiger partial charge is 0.497 e. The molecule has 0 spiro atoms. The first-order chi connectivity index (χ1) is 16.5. The summed E-state index contributed by atoms with van der Waals surface area (Å²) in [5.74, 6) is 1.41. The quantitative estimate of drug-likeness (QED) is 0.424. The predicted octanol–water partition coefficient (Wildman–Crippen LogP) is 3.60. The molecule has 0 bridgehead atoms. The van der Waals surface area contributed by atoms with Gasteiger partial charge in [0.05, 0.1) is 37.7 Å². The molecular formula is C24H25N7O2S. The van der Waals surface area contributed by atoms with Crippen LogP contribution in [0.4, 0.5) is 5.69 Å². The molecule has 0 unspecified atom stereocenters. The average Bonchev–Trinajstić information content (AvgIpc) is 3.57. The van der Waals surface area contributed by atoms with Crippen LogP contribution in [0.5, 0.6) is 11.5 Å². The molecule has 5 rings (SSSR count). The molecule has 4 heterocycles. The number of aromatic nitrogens is 5. The summed E-state index contributed by atoms with van der Waals surface area (Å²) in [5.41, 5.74) is 4.90. The van der Waals surface area contributed by atoms with Gasteiger partial charge in [-0.3, -0.25) is 9.66 Å². The van der Waals surface area contributed by atoms with Crippen molar-refractivity contribution in [2.24, 2.45) is 0 Å². The summed E-state index contributed by atoms with van der Waals surface area (Å²) in [5, 5.41) is 12.0. The van der Waals surface area contributed by atoms with Gasteiger partial charge in [0.25, 0.3) is 0 Å². The highest BCUT2D eigenvalue weighted by atomic mass is 32.1. The van der Waals surface area contributed by atoms with Crippen molar-refractivity contribution >= 4 is 23.0 Å². The second-order valence-corrected chi connectivity index (χ2v) is 8.40. The number of hydrogen-bond acceptors (Lipinski definition) is 6. The highest BCUT2D eigenvalue weighted by molar-refractivity contribution is 7.80. The Balaban J connectivity index is 1.72. The van der Waals surface area contributed by atoms with E-state index in [4.69, 9.17) is 21.7 Å². The van der Waals surface area contributed by atoms with E-state index >= 15 is 0 Å². The summed E-state index contributed by atoms with van der Waals surface area (Å²) in [6.07, 6.45) is 5.16. The van der Waals surface area contributed by atoms with Crippen molar-refractivity contribution in [2.45, 2.75) is 25.9 Å². The van der Waals surface area contributed by atoms with E-state index in [0.29, 0.717) is 16.6 Å². The molecule has 1 saturated heterocycles. The number of ether oxygens (including phenoxy) is 2. The zero-order chi connectivity index (χ0) is 23.8. The summed E-state index contributed by atoms with van der Waals surface area (Å²) < 4.78 is 15.2. The van der Waals surface area contributed by atoms with Crippen molar-refractivity contribution in [1.29, 1.82) is 0 Å². The van der Waals surface area contributed by atoms with Gasteiger partial charge in [0.15, 0.2) is 5.11 Å². The van der Waals surface area contributed by atoms with Crippen LogP contribution in [0.3, 0.4) is 0 Å². The minimum Gasteiger partial charge on any atom is -0.497 e. The molecule has 0 saturated carbocycles. The average molecular weight is 476 g/mol. The van der Waals surface area contributed by atoms with Crippen LogP contribution in [-0.2, 0) is 0 Å². The van der Waals surface area contributed by atoms with E-state index in [1.165, 1.54) is 0 Å². The number of methoxy groups -OCH3 is 2. The lowest BCUT2D eigenvalue weighted by molar-refractivity contribution is 0.403. The van der Waals surface area contributed by atoms with Crippen molar-refractivity contribution in [2.75, 3.05) is 19.1 Å². The molecule has 10 heteroatoms. The molecule has 9 nitrogen and oxygen atoms in total. The lowest BCUT2D eigenvalue weighted by Gasteiger charge is -2.29. The molecule has 0 amide bonds. The van der Waals surface area contributed by atoms with Gasteiger partial charge < -0.3 is 19.7 Å². The fraction of sp³-hybridized carbons (Fsp3) is 0.250. The topological polar surface area (TPSA) is 82.3 Å². The Bertz CT molecular complexity index is 1320. The van der Waals surface area contributed by atoms with Crippen molar-refractivity contribution in [3.05, 3.63) is 84.0 Å². The Morgan fingerprint density at radius 3 is 2.47 bits per heavy atom. The third-order valence-electron chi connectivity index (χ3n) is 6.13. The van der Waals surface area contributed by atoms with Crippen LogP contribution in [-0.4, -0.2) is 43.9 Å². The van der Waals surface area contributed by atoms with E-state index in [2.05, 4.69) is 50.0 Å². The monoisotopic (exact) mass is 475 g/mol. The van der Waals surface area contributed by atoms with Crippen molar-refractivity contribution < 1.29 is 9.47 Å². The number of aryl methyl sites for hydroxylation is 1. The fourth-order valence-electron chi connectivity index (χ4n) is 4.65. The minimum atomic E-state index is -0.195. The normalized spacial score (nSPS) is 17.6. The van der Waals surface area contributed by atoms with Gasteiger partial charge in [-0.25, -0.2) is 4.68 Å². The first-order valence-corrected chi connectivity index (χ1v) is 11.2. The molecular weight excluding hydrogens is 450 g/mol. The standard InChI is InChI=1S/C24H25N7O2S/c1-15-11-18(16(2)31(15)29-13-26-27-14-29)23-22(19-7-5-6-10-25-19)28-24(34)30(23)20-12-17(32-3)8-9-21(20)33-4/h5-14,22-23H,1-4H3,(H,28,34)/t22-,23+/m0/s1. The van der Waals surface area contributed by atoms with E-state index in [1.807, 2.05) is 41.1 Å². The van der Waals surface area contributed by atoms with Crippen LogP contribution < -0.4 is 19.7 Å². The number of nitrogens with zero attached hydrogens (tertiary/aromatic N) is 6. The number of nitrogens with one attached hydrogen (secondary N) is 1. The van der Waals surface area contributed by atoms with Crippen molar-refractivity contribution in [1.82, 2.24) is 29.9 Å². The predicted molar refractivity (Wildman–Crippen MR) is 132 cm³/mol. The molecule has 0 radical (unpaired) electrons. The summed E-state index contributed by atoms with van der Waals surface area (Å²) in [4.78, 5) is 6.74. The Morgan fingerprint density at radius 1 is 1.00 bits per heavy atom. The van der Waals surface area contributed by atoms with Gasteiger partial charge in [-0.05, 0) is 56.4 Å². The minimum absolute atomic E-state index is 0.181. The number of benzene rings is 1. The number of anilines is 1. The Labute approximate surface area is 202 Å². The molecule has 4 aromatic rings. The van der Waals surface area contributed by atoms with Crippen LogP contribution in [0, 0.1) is 13.8 Å². The van der Waals surface area contributed by atoms with E-state index in [1.54, 1.807) is 33.1 Å². The first-order valence-electron chi connectivity index (χ1n) is 10.8. The Morgan fingerprint density at radius 2 is 1.79 bits per heavy atom. The summed E-state index contributed by atoms with van der Waals surface area (Å²) in [6, 6.07) is 13.4. The lowest BCUT2D eigenvalue weighted by atomic mass is 9.96. The summed E-state index contributed by atoms with van der Waals surface area (Å²) in [7, 11) is 3.30. The smallest absolute Gasteiger partial charge is 0.174 e. The molecule has 1 N–H and O–H groups in total. The van der Waals surface area contributed by atoms with Gasteiger partial charge >= 0.3 is 0 Å². The van der Waals surface area contributed by atoms with Crippen molar-refractivity contribution in [3.63, 3.8) is 0 Å². The molecule has 1 aromatic carbocycles. The molecule has 3 aromatic heterocycles. The first kappa shape index (κ1) is 21.9. The Kier molecular flexibility index (Phi) is 5.66. The van der Waals surface area contributed by atoms with Crippen LogP contribution in [0.25, 0.3) is 0 Å². The summed E-state index contributed by atoms with van der Waals surface area (Å²) >= 11 is 5.88. The summed E-state index contributed by atoms with van der Waals surface area (Å²) in [6.45, 7) is 4.14. The third-order valence-corrected chi connectivity index (χ3v) is 6.45. The van der Waals surface area contributed by atoms with E-state index in [0.717, 1.165) is 28.3 Å². The molecule has 174 valence electrons. The van der Waals surface area contributed by atoms with Gasteiger partial charge in [-0.15, -0.1) is 10.2 Å². The van der Waals surface area contributed by atoms with Gasteiger partial charge in [-0.1, -0.05) is 6.07 Å². The highest BCUT2D eigenvalue weighted by Crippen LogP contribution is 2.46. The van der Waals surface area contributed by atoms with Crippen LogP contribution in [0.2, 0.25) is 0 Å². The molecule has 1 aliphatic heterocycles. The second kappa shape index (κ2) is 8.79. The number of thiocarbonyl (C=S) groups is 1. The second-order valence-electron chi connectivity index (χ2n) is 8.01. The molecule has 0 aliphatic carbocycles. The van der Waals surface area contributed by atoms with E-state index in [9.17, 15) is 0 Å². The van der Waals surface area contributed by atoms with E-state index < -0.39 is 0 Å². The third kappa shape index (κ3) is 3.56. The van der Waals surface area contributed by atoms with Crippen LogP contribution in [0.1, 0.15) is 34.7 Å². The van der Waals surface area contributed by atoms with Gasteiger partial charge in [0.2, 0.25) is 0 Å². The number of rotatable bonds is 6. The lowest BCUT2D eigenvalue weighted by Crippen LogP contribution is -2.30. The molecule has 2 atom stereocenters. The fourth-order valence-corrected chi connectivity index (χ4v) is 4.99. The maximum Gasteiger partial charge on any atom is 0.174 e. The van der Waals surface area contributed by atoms with Gasteiger partial charge in [0.1, 0.15) is 24.2 Å². The van der Waals surface area contributed by atoms with Crippen LogP contribution >= 0.6 is 12.2 Å². The molecule has 1 aliphatic rings. The Hall–Kier alpha value is -3.92. The highest BCUT2D eigenvalue weighted by Gasteiger charge is 2.43. The molecule has 34 heavy (non-hydrogen) atoms. The number of pyridine rings is 1. The SMILES string of the molecule is COc1ccc(OC)c(N2C(=S)N[C@@H](c3ccccn3)[C@H]2c2cc(C)n(-n3cnnc3)c2C)c1. The zero-order valence-corrected chi connectivity index (χ0v) is 20.2. The zero-order valence-electron chi connectivity index (χ0n) is 19.3. The van der Waals surface area contributed by atoms with Gasteiger partial charge in [-0.2, -0.15) is 0 Å². The van der Waals surface area contributed by atoms with Gasteiger partial charge in [0, 0.05) is 29.2 Å². The molecule has 1 fully saturated rings. The number of hydrogen-bond donors (Lipinski definition) is 1. The van der Waals surface area contributed by atoms with Crippen molar-refractivity contribution in [3.8, 4) is 11.5 Å². The van der Waals surface area contributed by atoms with Crippen LogP contribution in [0.15, 0.2) is 61.3 Å².